The van der Waals surface area contributed by atoms with Gasteiger partial charge in [-0.1, -0.05) is 18.2 Å². The molecule has 0 aliphatic carbocycles. The first kappa shape index (κ1) is 21.5. The number of imidazole rings is 1. The van der Waals surface area contributed by atoms with Crippen LogP contribution in [0.1, 0.15) is 25.2 Å². The van der Waals surface area contributed by atoms with Crippen LogP contribution >= 0.6 is 0 Å². The van der Waals surface area contributed by atoms with Crippen molar-refractivity contribution < 1.29 is 9.47 Å². The Morgan fingerprint density at radius 3 is 2.43 bits per heavy atom. The van der Waals surface area contributed by atoms with Gasteiger partial charge in [-0.2, -0.15) is 0 Å². The van der Waals surface area contributed by atoms with E-state index in [-0.39, 0.29) is 0 Å². The van der Waals surface area contributed by atoms with Crippen LogP contribution in [0.5, 0.6) is 11.5 Å². The van der Waals surface area contributed by atoms with Gasteiger partial charge in [0.05, 0.1) is 24.2 Å². The smallest absolute Gasteiger partial charge is 0.191 e. The fourth-order valence-electron chi connectivity index (χ4n) is 3.22. The molecule has 0 saturated heterocycles. The van der Waals surface area contributed by atoms with Gasteiger partial charge < -0.3 is 25.1 Å². The fraction of sp³-hybridized carbons (Fsp3) is 0.391. The summed E-state index contributed by atoms with van der Waals surface area (Å²) in [4.78, 5) is 12.2. The highest BCUT2D eigenvalue weighted by Crippen LogP contribution is 2.28. The number of ether oxygens (including phenoxy) is 2. The largest absolute Gasteiger partial charge is 0.490 e. The average Bonchev–Trinajstić information content (AvgIpc) is 3.17. The van der Waals surface area contributed by atoms with E-state index in [2.05, 4.69) is 31.7 Å². The van der Waals surface area contributed by atoms with Gasteiger partial charge in [0.25, 0.3) is 0 Å². The van der Waals surface area contributed by atoms with Crippen molar-refractivity contribution in [3.05, 3.63) is 53.9 Å². The lowest BCUT2D eigenvalue weighted by molar-refractivity contribution is 0.287. The predicted molar refractivity (Wildman–Crippen MR) is 122 cm³/mol. The number of para-hydroxylation sites is 2. The molecule has 1 aromatic heterocycles. The number of H-pyrrole nitrogens is 1. The molecule has 160 valence electrons. The number of aromatic nitrogens is 2. The van der Waals surface area contributed by atoms with E-state index >= 15 is 0 Å². The summed E-state index contributed by atoms with van der Waals surface area (Å²) in [6.45, 7) is 6.70. The molecule has 0 spiro atoms. The monoisotopic (exact) mass is 409 g/mol. The van der Waals surface area contributed by atoms with Crippen LogP contribution in [0.2, 0.25) is 0 Å². The van der Waals surface area contributed by atoms with Gasteiger partial charge in [0.2, 0.25) is 0 Å². The number of hydrogen-bond acceptors (Lipinski definition) is 4. The molecular formula is C23H31N5O2. The van der Waals surface area contributed by atoms with Gasteiger partial charge in [0, 0.05) is 26.6 Å². The van der Waals surface area contributed by atoms with Crippen molar-refractivity contribution in [2.24, 2.45) is 4.99 Å². The maximum Gasteiger partial charge on any atom is 0.191 e. The molecule has 0 aliphatic rings. The van der Waals surface area contributed by atoms with Gasteiger partial charge in [-0.15, -0.1) is 0 Å². The number of nitrogens with one attached hydrogen (secondary N) is 3. The van der Waals surface area contributed by atoms with Gasteiger partial charge in [-0.25, -0.2) is 4.98 Å². The normalized spacial score (nSPS) is 11.5. The maximum atomic E-state index is 5.71. The minimum atomic E-state index is 0.615. The summed E-state index contributed by atoms with van der Waals surface area (Å²) in [7, 11) is 1.78. The van der Waals surface area contributed by atoms with Crippen molar-refractivity contribution in [2.75, 3.05) is 33.4 Å². The summed E-state index contributed by atoms with van der Waals surface area (Å²) in [5.41, 5.74) is 3.25. The van der Waals surface area contributed by atoms with Gasteiger partial charge in [0.15, 0.2) is 17.5 Å². The molecule has 0 amide bonds. The zero-order valence-electron chi connectivity index (χ0n) is 18.0. The number of nitrogens with zero attached hydrogens (tertiary/aromatic N) is 2. The Kier molecular flexibility index (Phi) is 7.94. The standard InChI is InChI=1S/C23H31N5O2/c1-4-29-20-11-10-17(16-21(20)30-5-2)12-14-25-23(24-3)26-15-13-22-27-18-8-6-7-9-19(18)28-22/h6-11,16H,4-5,12-15H2,1-3H3,(H,27,28)(H2,24,25,26). The van der Waals surface area contributed by atoms with Gasteiger partial charge in [-0.3, -0.25) is 4.99 Å². The second kappa shape index (κ2) is 11.1. The molecule has 0 saturated carbocycles. The van der Waals surface area contributed by atoms with Crippen molar-refractivity contribution in [1.29, 1.82) is 0 Å². The molecule has 0 unspecified atom stereocenters. The average molecular weight is 410 g/mol. The van der Waals surface area contributed by atoms with Crippen LogP contribution in [-0.4, -0.2) is 49.3 Å². The first-order valence-electron chi connectivity index (χ1n) is 10.5. The summed E-state index contributed by atoms with van der Waals surface area (Å²) < 4.78 is 11.3. The number of aromatic amines is 1. The summed E-state index contributed by atoms with van der Waals surface area (Å²) in [6, 6.07) is 14.2. The van der Waals surface area contributed by atoms with E-state index < -0.39 is 0 Å². The second-order valence-corrected chi connectivity index (χ2v) is 6.77. The predicted octanol–water partition coefficient (Wildman–Crippen LogP) is 3.31. The topological polar surface area (TPSA) is 83.6 Å². The van der Waals surface area contributed by atoms with Crippen LogP contribution in [0.4, 0.5) is 0 Å². The minimum absolute atomic E-state index is 0.615. The van der Waals surface area contributed by atoms with Crippen molar-refractivity contribution in [3.63, 3.8) is 0 Å². The molecule has 0 aliphatic heterocycles. The van der Waals surface area contributed by atoms with Crippen LogP contribution in [0.25, 0.3) is 11.0 Å². The molecule has 7 nitrogen and oxygen atoms in total. The number of fused-ring (bicyclic) bond motifs is 1. The third-order valence-corrected chi connectivity index (χ3v) is 4.63. The lowest BCUT2D eigenvalue weighted by atomic mass is 10.1. The van der Waals surface area contributed by atoms with Crippen LogP contribution in [0.15, 0.2) is 47.5 Å². The van der Waals surface area contributed by atoms with E-state index in [1.165, 1.54) is 5.56 Å². The first-order valence-corrected chi connectivity index (χ1v) is 10.5. The number of rotatable bonds is 10. The molecule has 0 bridgehead atoms. The molecular weight excluding hydrogens is 378 g/mol. The molecule has 3 rings (SSSR count). The van der Waals surface area contributed by atoms with Crippen LogP contribution in [-0.2, 0) is 12.8 Å². The fourth-order valence-corrected chi connectivity index (χ4v) is 3.22. The lowest BCUT2D eigenvalue weighted by Gasteiger charge is -2.14. The van der Waals surface area contributed by atoms with Crippen LogP contribution in [0.3, 0.4) is 0 Å². The van der Waals surface area contributed by atoms with E-state index in [0.717, 1.165) is 60.2 Å². The molecule has 30 heavy (non-hydrogen) atoms. The summed E-state index contributed by atoms with van der Waals surface area (Å²) >= 11 is 0. The molecule has 1 heterocycles. The summed E-state index contributed by atoms with van der Waals surface area (Å²) in [5.74, 6) is 3.34. The number of hydrogen-bond donors (Lipinski definition) is 3. The highest BCUT2D eigenvalue weighted by molar-refractivity contribution is 5.79. The van der Waals surface area contributed by atoms with Gasteiger partial charge in [-0.05, 0) is 50.1 Å². The number of benzene rings is 2. The zero-order chi connectivity index (χ0) is 21.2. The van der Waals surface area contributed by atoms with E-state index in [0.29, 0.717) is 13.2 Å². The Hall–Kier alpha value is -3.22. The van der Waals surface area contributed by atoms with E-state index in [1.54, 1.807) is 7.05 Å². The Balaban J connectivity index is 1.45. The molecule has 3 aromatic rings. The summed E-state index contributed by atoms with van der Waals surface area (Å²) in [6.07, 6.45) is 1.66. The first-order chi connectivity index (χ1) is 14.7. The van der Waals surface area contributed by atoms with Gasteiger partial charge in [0.1, 0.15) is 5.82 Å². The van der Waals surface area contributed by atoms with Crippen molar-refractivity contribution >= 4 is 17.0 Å². The molecule has 2 aromatic carbocycles. The van der Waals surface area contributed by atoms with E-state index in [4.69, 9.17) is 9.47 Å². The van der Waals surface area contributed by atoms with Crippen molar-refractivity contribution in [1.82, 2.24) is 20.6 Å². The second-order valence-electron chi connectivity index (χ2n) is 6.77. The Bertz CT molecular complexity index is 934. The minimum Gasteiger partial charge on any atom is -0.490 e. The van der Waals surface area contributed by atoms with Crippen molar-refractivity contribution in [3.8, 4) is 11.5 Å². The lowest BCUT2D eigenvalue weighted by Crippen LogP contribution is -2.39. The summed E-state index contributed by atoms with van der Waals surface area (Å²) in [5, 5.41) is 6.70. The van der Waals surface area contributed by atoms with Gasteiger partial charge >= 0.3 is 0 Å². The zero-order valence-corrected chi connectivity index (χ0v) is 18.0. The molecule has 0 fully saturated rings. The third kappa shape index (κ3) is 5.89. The Morgan fingerprint density at radius 2 is 1.70 bits per heavy atom. The quantitative estimate of drug-likeness (QED) is 0.353. The molecule has 0 atom stereocenters. The van der Waals surface area contributed by atoms with E-state index in [1.807, 2.05) is 50.2 Å². The van der Waals surface area contributed by atoms with Crippen molar-refractivity contribution in [2.45, 2.75) is 26.7 Å². The SMILES string of the molecule is CCOc1ccc(CCNC(=NC)NCCc2nc3ccccc3[nH]2)cc1OCC. The maximum absolute atomic E-state index is 5.71. The highest BCUT2D eigenvalue weighted by Gasteiger charge is 2.07. The number of guanidine groups is 1. The molecule has 3 N–H and O–H groups in total. The highest BCUT2D eigenvalue weighted by atomic mass is 16.5. The molecule has 0 radical (unpaired) electrons. The van der Waals surface area contributed by atoms with Crippen LogP contribution in [0, 0.1) is 0 Å². The Labute approximate surface area is 177 Å². The van der Waals surface area contributed by atoms with Crippen LogP contribution < -0.4 is 20.1 Å². The third-order valence-electron chi connectivity index (χ3n) is 4.63. The van der Waals surface area contributed by atoms with E-state index in [9.17, 15) is 0 Å². The molecule has 7 heteroatoms. The number of aliphatic imine (C=N–C) groups is 1. The Morgan fingerprint density at radius 1 is 0.967 bits per heavy atom.